The average molecular weight is 278 g/mol. The molecule has 1 heterocycles. The maximum Gasteiger partial charge on any atom is 0.260 e. The van der Waals surface area contributed by atoms with Crippen LogP contribution in [-0.2, 0) is 4.79 Å². The van der Waals surface area contributed by atoms with E-state index >= 15 is 0 Å². The van der Waals surface area contributed by atoms with Crippen molar-refractivity contribution in [1.82, 2.24) is 4.90 Å². The van der Waals surface area contributed by atoms with Crippen molar-refractivity contribution in [3.8, 4) is 11.5 Å². The highest BCUT2D eigenvalue weighted by Gasteiger charge is 2.18. The second kappa shape index (κ2) is 6.79. The van der Waals surface area contributed by atoms with Crippen LogP contribution >= 0.6 is 0 Å². The lowest BCUT2D eigenvalue weighted by molar-refractivity contribution is -0.132. The minimum atomic E-state index is -0.00875. The Morgan fingerprint density at radius 2 is 2.15 bits per heavy atom. The summed E-state index contributed by atoms with van der Waals surface area (Å²) in [5, 5.41) is 11.5. The zero-order valence-corrected chi connectivity index (χ0v) is 11.4. The van der Waals surface area contributed by atoms with E-state index in [1.165, 1.54) is 13.3 Å². The van der Waals surface area contributed by atoms with Crippen molar-refractivity contribution in [3.63, 3.8) is 0 Å². The zero-order chi connectivity index (χ0) is 14.4. The highest BCUT2D eigenvalue weighted by molar-refractivity contribution is 5.81. The monoisotopic (exact) mass is 278 g/mol. The zero-order valence-electron chi connectivity index (χ0n) is 11.4. The van der Waals surface area contributed by atoms with Crippen molar-refractivity contribution >= 4 is 12.1 Å². The van der Waals surface area contributed by atoms with Crippen molar-refractivity contribution < 1.29 is 19.5 Å². The highest BCUT2D eigenvalue weighted by Crippen LogP contribution is 2.27. The number of benzene rings is 1. The van der Waals surface area contributed by atoms with Crippen molar-refractivity contribution in [2.24, 2.45) is 5.16 Å². The Bertz CT molecular complexity index is 496. The molecule has 1 N–H and O–H groups in total. The number of ether oxygens (including phenoxy) is 2. The lowest BCUT2D eigenvalue weighted by Crippen LogP contribution is -2.32. The summed E-state index contributed by atoms with van der Waals surface area (Å²) in [7, 11) is 1.52. The molecule has 0 aromatic heterocycles. The Morgan fingerprint density at radius 3 is 2.80 bits per heavy atom. The standard InChI is InChI=1S/C14H18N2O4/c1-19-13-8-11(9-15-18)4-5-12(13)20-10-14(17)16-6-2-3-7-16/h4-5,8-9,18H,2-3,6-7,10H2,1H3/b15-9+. The number of carbonyl (C=O) groups excluding carboxylic acids is 1. The molecular formula is C14H18N2O4. The Kier molecular flexibility index (Phi) is 4.81. The molecule has 1 aromatic rings. The maximum absolute atomic E-state index is 11.9. The molecule has 0 radical (unpaired) electrons. The van der Waals surface area contributed by atoms with Crippen LogP contribution in [0.1, 0.15) is 18.4 Å². The van der Waals surface area contributed by atoms with Gasteiger partial charge in [-0.25, -0.2) is 0 Å². The van der Waals surface area contributed by atoms with Gasteiger partial charge >= 0.3 is 0 Å². The van der Waals surface area contributed by atoms with Crippen molar-refractivity contribution in [2.75, 3.05) is 26.8 Å². The van der Waals surface area contributed by atoms with Gasteiger partial charge in [-0.2, -0.15) is 0 Å². The second-order valence-electron chi connectivity index (χ2n) is 4.53. The van der Waals surface area contributed by atoms with Crippen LogP contribution in [-0.4, -0.2) is 49.0 Å². The van der Waals surface area contributed by atoms with Crippen molar-refractivity contribution in [2.45, 2.75) is 12.8 Å². The molecule has 6 heteroatoms. The highest BCUT2D eigenvalue weighted by atomic mass is 16.5. The smallest absolute Gasteiger partial charge is 0.260 e. The van der Waals surface area contributed by atoms with Crippen molar-refractivity contribution in [1.29, 1.82) is 0 Å². The van der Waals surface area contributed by atoms with Gasteiger partial charge < -0.3 is 19.6 Å². The van der Waals surface area contributed by atoms with E-state index in [0.29, 0.717) is 17.1 Å². The van der Waals surface area contributed by atoms with E-state index in [0.717, 1.165) is 25.9 Å². The van der Waals surface area contributed by atoms with E-state index in [4.69, 9.17) is 14.7 Å². The number of carbonyl (C=O) groups is 1. The molecule has 1 aliphatic heterocycles. The van der Waals surface area contributed by atoms with Crippen LogP contribution in [0.25, 0.3) is 0 Å². The molecular weight excluding hydrogens is 260 g/mol. The number of rotatable bonds is 5. The SMILES string of the molecule is COc1cc(/C=N/O)ccc1OCC(=O)N1CCCC1. The van der Waals surface area contributed by atoms with Gasteiger partial charge in [0.1, 0.15) is 0 Å². The van der Waals surface area contributed by atoms with E-state index in [1.54, 1.807) is 23.1 Å². The molecule has 6 nitrogen and oxygen atoms in total. The molecule has 0 aliphatic carbocycles. The van der Waals surface area contributed by atoms with Gasteiger partial charge in [-0.05, 0) is 31.0 Å². The summed E-state index contributed by atoms with van der Waals surface area (Å²) in [5.41, 5.74) is 0.683. The normalized spacial score (nSPS) is 14.8. The summed E-state index contributed by atoms with van der Waals surface area (Å²) in [5.74, 6) is 0.984. The van der Waals surface area contributed by atoms with Gasteiger partial charge in [-0.3, -0.25) is 4.79 Å². The summed E-state index contributed by atoms with van der Waals surface area (Å²) in [6.45, 7) is 1.63. The number of oxime groups is 1. The Labute approximate surface area is 117 Å². The molecule has 108 valence electrons. The van der Waals surface area contributed by atoms with Crippen LogP contribution in [0.4, 0.5) is 0 Å². The molecule has 20 heavy (non-hydrogen) atoms. The van der Waals surface area contributed by atoms with Crippen LogP contribution in [0, 0.1) is 0 Å². The summed E-state index contributed by atoms with van der Waals surface area (Å²) < 4.78 is 10.7. The largest absolute Gasteiger partial charge is 0.493 e. The number of methoxy groups -OCH3 is 1. The van der Waals surface area contributed by atoms with Gasteiger partial charge in [0.2, 0.25) is 0 Å². The summed E-state index contributed by atoms with van der Waals surface area (Å²) >= 11 is 0. The molecule has 0 unspecified atom stereocenters. The minimum Gasteiger partial charge on any atom is -0.493 e. The van der Waals surface area contributed by atoms with Gasteiger partial charge in [0.15, 0.2) is 18.1 Å². The fraction of sp³-hybridized carbons (Fsp3) is 0.429. The molecule has 1 aliphatic rings. The van der Waals surface area contributed by atoms with Crippen LogP contribution in [0.15, 0.2) is 23.4 Å². The molecule has 0 spiro atoms. The number of hydrogen-bond acceptors (Lipinski definition) is 5. The van der Waals surface area contributed by atoms with E-state index in [9.17, 15) is 4.79 Å². The van der Waals surface area contributed by atoms with Crippen molar-refractivity contribution in [3.05, 3.63) is 23.8 Å². The molecule has 0 atom stereocenters. The maximum atomic E-state index is 11.9. The first-order valence-corrected chi connectivity index (χ1v) is 6.50. The van der Waals surface area contributed by atoms with Crippen LogP contribution < -0.4 is 9.47 Å². The average Bonchev–Trinajstić information content (AvgIpc) is 3.00. The van der Waals surface area contributed by atoms with E-state index < -0.39 is 0 Å². The summed E-state index contributed by atoms with van der Waals surface area (Å²) in [4.78, 5) is 13.7. The lowest BCUT2D eigenvalue weighted by atomic mass is 10.2. The third kappa shape index (κ3) is 3.40. The fourth-order valence-corrected chi connectivity index (χ4v) is 2.15. The van der Waals surface area contributed by atoms with Crippen LogP contribution in [0.2, 0.25) is 0 Å². The first-order chi connectivity index (χ1) is 9.74. The molecule has 1 aromatic carbocycles. The molecule has 0 bridgehead atoms. The number of nitrogens with zero attached hydrogens (tertiary/aromatic N) is 2. The first-order valence-electron chi connectivity index (χ1n) is 6.50. The van der Waals surface area contributed by atoms with E-state index in [1.807, 2.05) is 0 Å². The predicted octanol–water partition coefficient (Wildman–Crippen LogP) is 1.50. The molecule has 2 rings (SSSR count). The minimum absolute atomic E-state index is 0.00377. The Balaban J connectivity index is 1.99. The number of likely N-dealkylation sites (tertiary alicyclic amines) is 1. The third-order valence-corrected chi connectivity index (χ3v) is 3.20. The summed E-state index contributed by atoms with van der Waals surface area (Å²) in [6.07, 6.45) is 3.41. The topological polar surface area (TPSA) is 71.4 Å². The van der Waals surface area contributed by atoms with Gasteiger partial charge in [0, 0.05) is 18.7 Å². The summed E-state index contributed by atoms with van der Waals surface area (Å²) in [6, 6.07) is 5.08. The van der Waals surface area contributed by atoms with Crippen LogP contribution in [0.3, 0.4) is 0 Å². The fourth-order valence-electron chi connectivity index (χ4n) is 2.15. The third-order valence-electron chi connectivity index (χ3n) is 3.20. The molecule has 1 amide bonds. The lowest BCUT2D eigenvalue weighted by Gasteiger charge is -2.16. The number of amides is 1. The molecule has 1 saturated heterocycles. The molecule has 1 fully saturated rings. The van der Waals surface area contributed by atoms with E-state index in [2.05, 4.69) is 5.16 Å². The predicted molar refractivity (Wildman–Crippen MR) is 73.7 cm³/mol. The first kappa shape index (κ1) is 14.2. The Hall–Kier alpha value is -2.24. The van der Waals surface area contributed by atoms with Gasteiger partial charge in [0.05, 0.1) is 13.3 Å². The molecule has 0 saturated carbocycles. The van der Waals surface area contributed by atoms with Gasteiger partial charge in [0.25, 0.3) is 5.91 Å². The number of hydrogen-bond donors (Lipinski definition) is 1. The van der Waals surface area contributed by atoms with Gasteiger partial charge in [-0.15, -0.1) is 0 Å². The van der Waals surface area contributed by atoms with Crippen LogP contribution in [0.5, 0.6) is 11.5 Å². The van der Waals surface area contributed by atoms with Gasteiger partial charge in [-0.1, -0.05) is 5.16 Å². The Morgan fingerprint density at radius 1 is 1.40 bits per heavy atom. The quantitative estimate of drug-likeness (QED) is 0.503. The van der Waals surface area contributed by atoms with E-state index in [-0.39, 0.29) is 12.5 Å². The second-order valence-corrected chi connectivity index (χ2v) is 4.53.